The zero-order valence-corrected chi connectivity index (χ0v) is 14.5. The van der Waals surface area contributed by atoms with Crippen molar-refractivity contribution in [3.63, 3.8) is 0 Å². The molecule has 0 spiro atoms. The Morgan fingerprint density at radius 3 is 2.62 bits per heavy atom. The minimum Gasteiger partial charge on any atom is -0.357 e. The molecular weight excluding hydrogens is 369 g/mol. The smallest absolute Gasteiger partial charge is 0.357 e. The third-order valence-electron chi connectivity index (χ3n) is 4.31. The van der Waals surface area contributed by atoms with Crippen molar-refractivity contribution in [2.45, 2.75) is 31.6 Å². The van der Waals surface area contributed by atoms with Crippen molar-refractivity contribution in [3.05, 3.63) is 51.0 Å². The number of nitrogens with zero attached hydrogens (tertiary/aromatic N) is 3. The summed E-state index contributed by atoms with van der Waals surface area (Å²) in [4.78, 5) is 16.2. The SMILES string of the molecule is O=[N+]([O-])c1cc(CNC2CCN(c3ccc(C(F)(F)F)cn3)CC2)cs1. The molecule has 0 radical (unpaired) electrons. The second kappa shape index (κ2) is 7.58. The summed E-state index contributed by atoms with van der Waals surface area (Å²) >= 11 is 1.11. The first kappa shape index (κ1) is 18.6. The minimum atomic E-state index is -4.38. The molecule has 0 saturated carbocycles. The highest BCUT2D eigenvalue weighted by Crippen LogP contribution is 2.30. The summed E-state index contributed by atoms with van der Waals surface area (Å²) in [6, 6.07) is 4.29. The van der Waals surface area contributed by atoms with Crippen LogP contribution in [0, 0.1) is 10.1 Å². The van der Waals surface area contributed by atoms with E-state index in [9.17, 15) is 23.3 Å². The van der Waals surface area contributed by atoms with E-state index in [2.05, 4.69) is 10.3 Å². The normalized spacial score (nSPS) is 16.0. The van der Waals surface area contributed by atoms with E-state index >= 15 is 0 Å². The van der Waals surface area contributed by atoms with E-state index in [1.54, 1.807) is 11.4 Å². The second-order valence-corrected chi connectivity index (χ2v) is 6.99. The zero-order chi connectivity index (χ0) is 18.7. The summed E-state index contributed by atoms with van der Waals surface area (Å²) < 4.78 is 37.8. The number of hydrogen-bond donors (Lipinski definition) is 1. The highest BCUT2D eigenvalue weighted by molar-refractivity contribution is 7.13. The fraction of sp³-hybridized carbons (Fsp3) is 0.438. The van der Waals surface area contributed by atoms with E-state index in [0.29, 0.717) is 25.5 Å². The number of anilines is 1. The molecule has 2 aromatic rings. The maximum atomic E-state index is 12.6. The van der Waals surface area contributed by atoms with Crippen molar-refractivity contribution in [1.29, 1.82) is 0 Å². The largest absolute Gasteiger partial charge is 0.417 e. The Kier molecular flexibility index (Phi) is 5.42. The first-order valence-corrected chi connectivity index (χ1v) is 8.94. The lowest BCUT2D eigenvalue weighted by Crippen LogP contribution is -2.42. The molecule has 3 heterocycles. The topological polar surface area (TPSA) is 71.3 Å². The molecule has 0 bridgehead atoms. The lowest BCUT2D eigenvalue weighted by atomic mass is 10.0. The summed E-state index contributed by atoms with van der Waals surface area (Å²) in [7, 11) is 0. The molecule has 1 fully saturated rings. The van der Waals surface area contributed by atoms with Gasteiger partial charge in [0, 0.05) is 43.3 Å². The molecule has 3 rings (SSSR count). The van der Waals surface area contributed by atoms with Crippen LogP contribution in [0.2, 0.25) is 0 Å². The van der Waals surface area contributed by atoms with Crippen molar-refractivity contribution in [1.82, 2.24) is 10.3 Å². The van der Waals surface area contributed by atoms with Gasteiger partial charge in [-0.05, 0) is 30.5 Å². The van der Waals surface area contributed by atoms with Gasteiger partial charge in [0.15, 0.2) is 0 Å². The second-order valence-electron chi connectivity index (χ2n) is 6.10. The van der Waals surface area contributed by atoms with Gasteiger partial charge in [0.2, 0.25) is 0 Å². The Bertz CT molecular complexity index is 756. The van der Waals surface area contributed by atoms with Crippen LogP contribution in [-0.4, -0.2) is 29.0 Å². The maximum Gasteiger partial charge on any atom is 0.417 e. The summed E-state index contributed by atoms with van der Waals surface area (Å²) in [5, 5.41) is 16.0. The molecule has 1 saturated heterocycles. The lowest BCUT2D eigenvalue weighted by Gasteiger charge is -2.33. The molecular formula is C16H17F3N4O2S. The molecule has 0 aliphatic carbocycles. The number of alkyl halides is 3. The lowest BCUT2D eigenvalue weighted by molar-refractivity contribution is -0.380. The van der Waals surface area contributed by atoms with Crippen LogP contribution >= 0.6 is 11.3 Å². The number of thiophene rings is 1. The molecule has 0 amide bonds. The monoisotopic (exact) mass is 386 g/mol. The van der Waals surface area contributed by atoms with Gasteiger partial charge in [0.25, 0.3) is 0 Å². The van der Waals surface area contributed by atoms with Crippen LogP contribution in [0.5, 0.6) is 0 Å². The van der Waals surface area contributed by atoms with Gasteiger partial charge in [-0.2, -0.15) is 13.2 Å². The van der Waals surface area contributed by atoms with Gasteiger partial charge in [-0.1, -0.05) is 11.3 Å². The maximum absolute atomic E-state index is 12.6. The van der Waals surface area contributed by atoms with Gasteiger partial charge < -0.3 is 10.2 Å². The number of hydrogen-bond acceptors (Lipinski definition) is 6. The number of nitro groups is 1. The van der Waals surface area contributed by atoms with Crippen molar-refractivity contribution >= 4 is 22.2 Å². The van der Waals surface area contributed by atoms with Crippen LogP contribution in [0.25, 0.3) is 0 Å². The molecule has 0 atom stereocenters. The van der Waals surface area contributed by atoms with E-state index in [0.717, 1.165) is 42.0 Å². The molecule has 26 heavy (non-hydrogen) atoms. The summed E-state index contributed by atoms with van der Waals surface area (Å²) in [6.07, 6.45) is -1.85. The molecule has 0 aromatic carbocycles. The average molecular weight is 386 g/mol. The molecule has 1 N–H and O–H groups in total. The molecule has 2 aromatic heterocycles. The predicted molar refractivity (Wildman–Crippen MR) is 92.3 cm³/mol. The van der Waals surface area contributed by atoms with Crippen LogP contribution in [0.1, 0.15) is 24.0 Å². The van der Waals surface area contributed by atoms with Crippen molar-refractivity contribution in [3.8, 4) is 0 Å². The minimum absolute atomic E-state index is 0.130. The standard InChI is InChI=1S/C16H17F3N4O2S/c17-16(18,19)12-1-2-14(21-9-12)22-5-3-13(4-6-22)20-8-11-7-15(23(24)25)26-10-11/h1-2,7,9-10,13,20H,3-6,8H2. The van der Waals surface area contributed by atoms with Gasteiger partial charge in [-0.3, -0.25) is 10.1 Å². The zero-order valence-electron chi connectivity index (χ0n) is 13.7. The number of pyridine rings is 1. The number of halogens is 3. The fourth-order valence-electron chi connectivity index (χ4n) is 2.87. The highest BCUT2D eigenvalue weighted by atomic mass is 32.1. The fourth-order valence-corrected chi connectivity index (χ4v) is 3.60. The van der Waals surface area contributed by atoms with E-state index in [1.807, 2.05) is 4.90 Å². The molecule has 0 unspecified atom stereocenters. The van der Waals surface area contributed by atoms with Gasteiger partial charge in [0.05, 0.1) is 10.5 Å². The van der Waals surface area contributed by atoms with E-state index < -0.39 is 16.7 Å². The van der Waals surface area contributed by atoms with Gasteiger partial charge in [0.1, 0.15) is 5.82 Å². The number of aromatic nitrogens is 1. The summed E-state index contributed by atoms with van der Waals surface area (Å²) in [5.41, 5.74) is 0.135. The molecule has 1 aliphatic rings. The van der Waals surface area contributed by atoms with Crippen LogP contribution in [0.4, 0.5) is 24.0 Å². The molecule has 6 nitrogen and oxygen atoms in total. The predicted octanol–water partition coefficient (Wildman–Crippen LogP) is 3.83. The molecule has 140 valence electrons. The van der Waals surface area contributed by atoms with E-state index in [4.69, 9.17) is 0 Å². The number of piperidine rings is 1. The summed E-state index contributed by atoms with van der Waals surface area (Å²) in [6.45, 7) is 1.95. The highest BCUT2D eigenvalue weighted by Gasteiger charge is 2.31. The Labute approximate surface area is 151 Å². The third-order valence-corrected chi connectivity index (χ3v) is 5.24. The Hall–Kier alpha value is -2.20. The first-order chi connectivity index (χ1) is 12.3. The Morgan fingerprint density at radius 2 is 2.08 bits per heavy atom. The Morgan fingerprint density at radius 1 is 1.35 bits per heavy atom. The van der Waals surface area contributed by atoms with E-state index in [-0.39, 0.29) is 11.0 Å². The van der Waals surface area contributed by atoms with Gasteiger partial charge in [-0.25, -0.2) is 4.98 Å². The third kappa shape index (κ3) is 4.50. The average Bonchev–Trinajstić information content (AvgIpc) is 3.09. The van der Waals surface area contributed by atoms with Gasteiger partial charge >= 0.3 is 11.2 Å². The van der Waals surface area contributed by atoms with Crippen LogP contribution in [-0.2, 0) is 12.7 Å². The van der Waals surface area contributed by atoms with Crippen LogP contribution in [0.3, 0.4) is 0 Å². The Balaban J connectivity index is 1.48. The van der Waals surface area contributed by atoms with E-state index in [1.165, 1.54) is 6.07 Å². The van der Waals surface area contributed by atoms with Crippen LogP contribution in [0.15, 0.2) is 29.8 Å². The number of nitrogens with one attached hydrogen (secondary N) is 1. The quantitative estimate of drug-likeness (QED) is 0.625. The van der Waals surface area contributed by atoms with Crippen molar-refractivity contribution in [2.24, 2.45) is 0 Å². The molecule has 10 heteroatoms. The molecule has 1 aliphatic heterocycles. The van der Waals surface area contributed by atoms with Crippen molar-refractivity contribution in [2.75, 3.05) is 18.0 Å². The first-order valence-electron chi connectivity index (χ1n) is 8.06. The van der Waals surface area contributed by atoms with Gasteiger partial charge in [-0.15, -0.1) is 0 Å². The van der Waals surface area contributed by atoms with Crippen LogP contribution < -0.4 is 10.2 Å². The summed E-state index contributed by atoms with van der Waals surface area (Å²) in [5.74, 6) is 0.546. The van der Waals surface area contributed by atoms with Crippen molar-refractivity contribution < 1.29 is 18.1 Å². The number of rotatable bonds is 5.